The van der Waals surface area contributed by atoms with Crippen molar-refractivity contribution in [2.24, 2.45) is 0 Å². The lowest BCUT2D eigenvalue weighted by atomic mass is 9.83. The number of allylic oxidation sites excluding steroid dienone is 4. The average molecular weight is 454 g/mol. The fraction of sp³-hybridized carbons (Fsp3) is 0.250. The van der Waals surface area contributed by atoms with Crippen LogP contribution in [-0.4, -0.2) is 24.8 Å². The molecule has 1 heterocycles. The minimum absolute atomic E-state index is 0. The number of benzene rings is 3. The van der Waals surface area contributed by atoms with Crippen LogP contribution in [0.25, 0.3) is 11.1 Å². The van der Waals surface area contributed by atoms with Crippen molar-refractivity contribution in [3.63, 3.8) is 0 Å². The zero-order chi connectivity index (χ0) is 23.3. The second-order valence-electron chi connectivity index (χ2n) is 8.09. The first-order valence-corrected chi connectivity index (χ1v) is 11.6. The highest BCUT2D eigenvalue weighted by atomic mass is 16.5. The molecule has 0 spiro atoms. The molecule has 1 aliphatic heterocycles. The van der Waals surface area contributed by atoms with Gasteiger partial charge < -0.3 is 4.74 Å². The van der Waals surface area contributed by atoms with Crippen molar-refractivity contribution in [2.75, 3.05) is 19.9 Å². The molecule has 3 aromatic rings. The van der Waals surface area contributed by atoms with Crippen LogP contribution in [0.3, 0.4) is 0 Å². The highest BCUT2D eigenvalue weighted by molar-refractivity contribution is 5.65. The quantitative estimate of drug-likeness (QED) is 0.203. The summed E-state index contributed by atoms with van der Waals surface area (Å²) in [6, 6.07) is 28.3. The molecule has 2 nitrogen and oxygen atoms in total. The van der Waals surface area contributed by atoms with Crippen molar-refractivity contribution in [3.8, 4) is 11.1 Å². The molecule has 178 valence electrons. The van der Waals surface area contributed by atoms with Gasteiger partial charge in [0.1, 0.15) is 0 Å². The van der Waals surface area contributed by atoms with Crippen LogP contribution < -0.4 is 0 Å². The van der Waals surface area contributed by atoms with Crippen molar-refractivity contribution in [1.29, 1.82) is 0 Å². The van der Waals surface area contributed by atoms with Gasteiger partial charge in [-0.25, -0.2) is 0 Å². The Morgan fingerprint density at radius 1 is 0.882 bits per heavy atom. The minimum Gasteiger partial charge on any atom is -0.362 e. The maximum absolute atomic E-state index is 5.72. The Balaban J connectivity index is 0.000000521. The van der Waals surface area contributed by atoms with E-state index in [1.807, 2.05) is 38.2 Å². The summed E-state index contributed by atoms with van der Waals surface area (Å²) in [6.45, 7) is 10.8. The summed E-state index contributed by atoms with van der Waals surface area (Å²) >= 11 is 0. The van der Waals surface area contributed by atoms with E-state index in [1.165, 1.54) is 27.8 Å². The van der Waals surface area contributed by atoms with Crippen LogP contribution in [-0.2, 0) is 11.3 Å². The van der Waals surface area contributed by atoms with Gasteiger partial charge in [-0.05, 0) is 41.7 Å². The topological polar surface area (TPSA) is 12.5 Å². The van der Waals surface area contributed by atoms with Gasteiger partial charge in [-0.3, -0.25) is 4.90 Å². The van der Waals surface area contributed by atoms with E-state index in [-0.39, 0.29) is 7.43 Å². The van der Waals surface area contributed by atoms with Crippen LogP contribution in [0.4, 0.5) is 0 Å². The first-order valence-electron chi connectivity index (χ1n) is 11.6. The van der Waals surface area contributed by atoms with Crippen molar-refractivity contribution < 1.29 is 4.74 Å². The molecule has 0 aliphatic carbocycles. The van der Waals surface area contributed by atoms with Gasteiger partial charge in [0.15, 0.2) is 0 Å². The minimum atomic E-state index is 0. The number of fused-ring (bicyclic) bond motifs is 1. The molecule has 2 heteroatoms. The summed E-state index contributed by atoms with van der Waals surface area (Å²) < 4.78 is 5.72. The van der Waals surface area contributed by atoms with Crippen molar-refractivity contribution in [3.05, 3.63) is 133 Å². The van der Waals surface area contributed by atoms with Gasteiger partial charge in [-0.15, -0.1) is 6.58 Å². The van der Waals surface area contributed by atoms with E-state index in [1.54, 1.807) is 6.08 Å². The summed E-state index contributed by atoms with van der Waals surface area (Å²) in [5.41, 5.74) is 6.73. The number of nitrogens with zero attached hydrogens (tertiary/aromatic N) is 1. The standard InChI is InChI=1S/C25H25NO.C6H10.CH4/c1-2-15-27-19-26-17-23-14-13-22(20-9-5-3-6-10-20)16-24(23)25(18-26)21-11-7-4-8-12-21;1-3-5-6-4-2;/h2-14,16,25H,1,15,17-19H2;3-6H,1-2H3;1H4/b;5-3-,6-4-;/t25-;;/m1../s1. The normalized spacial score (nSPS) is 15.3. The maximum atomic E-state index is 5.72. The predicted molar refractivity (Wildman–Crippen MR) is 148 cm³/mol. The second-order valence-corrected chi connectivity index (χ2v) is 8.09. The second kappa shape index (κ2) is 14.8. The van der Waals surface area contributed by atoms with Gasteiger partial charge in [0.25, 0.3) is 0 Å². The van der Waals surface area contributed by atoms with Gasteiger partial charge in [-0.1, -0.05) is 117 Å². The van der Waals surface area contributed by atoms with Crippen LogP contribution in [0.5, 0.6) is 0 Å². The van der Waals surface area contributed by atoms with E-state index in [2.05, 4.69) is 90.3 Å². The van der Waals surface area contributed by atoms with Crippen LogP contribution in [0.2, 0.25) is 0 Å². The Morgan fingerprint density at radius 2 is 1.53 bits per heavy atom. The Hall–Kier alpha value is -3.20. The lowest BCUT2D eigenvalue weighted by Gasteiger charge is -2.35. The van der Waals surface area contributed by atoms with Gasteiger partial charge in [0, 0.05) is 19.0 Å². The fourth-order valence-electron chi connectivity index (χ4n) is 4.09. The van der Waals surface area contributed by atoms with Gasteiger partial charge in [0.2, 0.25) is 0 Å². The first-order chi connectivity index (χ1) is 16.3. The largest absolute Gasteiger partial charge is 0.362 e. The number of rotatable bonds is 7. The van der Waals surface area contributed by atoms with Crippen molar-refractivity contribution in [1.82, 2.24) is 4.90 Å². The maximum Gasteiger partial charge on any atom is 0.0997 e. The molecular formula is C32H39NO. The zero-order valence-corrected chi connectivity index (χ0v) is 19.9. The third-order valence-electron chi connectivity index (χ3n) is 5.67. The van der Waals surface area contributed by atoms with Gasteiger partial charge >= 0.3 is 0 Å². The van der Waals surface area contributed by atoms with E-state index in [4.69, 9.17) is 4.74 Å². The van der Waals surface area contributed by atoms with Crippen LogP contribution in [0, 0.1) is 0 Å². The molecule has 34 heavy (non-hydrogen) atoms. The van der Waals surface area contributed by atoms with Crippen LogP contribution in [0.15, 0.2) is 116 Å². The summed E-state index contributed by atoms with van der Waals surface area (Å²) in [6.07, 6.45) is 9.80. The molecule has 0 bridgehead atoms. The summed E-state index contributed by atoms with van der Waals surface area (Å²) in [7, 11) is 0. The molecule has 1 atom stereocenters. The lowest BCUT2D eigenvalue weighted by molar-refractivity contribution is 0.0325. The Morgan fingerprint density at radius 3 is 2.15 bits per heavy atom. The Bertz CT molecular complexity index is 1030. The van der Waals surface area contributed by atoms with E-state index < -0.39 is 0 Å². The third kappa shape index (κ3) is 7.69. The molecule has 0 saturated carbocycles. The number of hydrogen-bond donors (Lipinski definition) is 0. The molecule has 0 radical (unpaired) electrons. The average Bonchev–Trinajstić information content (AvgIpc) is 2.88. The zero-order valence-electron chi connectivity index (χ0n) is 19.9. The van der Waals surface area contributed by atoms with Crippen LogP contribution >= 0.6 is 0 Å². The number of hydrogen-bond acceptors (Lipinski definition) is 2. The SMILES string of the molecule is C.C/C=C\C=C/C.C=CCOCN1Cc2ccc(-c3ccccc3)cc2[C@@H](c2ccccc2)C1. The molecule has 4 rings (SSSR count). The molecule has 0 saturated heterocycles. The summed E-state index contributed by atoms with van der Waals surface area (Å²) in [5, 5.41) is 0. The molecule has 1 aliphatic rings. The summed E-state index contributed by atoms with van der Waals surface area (Å²) in [5.74, 6) is 0.353. The number of ether oxygens (including phenoxy) is 1. The Labute approximate surface area is 206 Å². The first kappa shape index (κ1) is 27.0. The van der Waals surface area contributed by atoms with Gasteiger partial charge in [-0.2, -0.15) is 0 Å². The van der Waals surface area contributed by atoms with E-state index in [0.717, 1.165) is 13.1 Å². The molecule has 3 aromatic carbocycles. The molecule has 0 unspecified atom stereocenters. The molecule has 0 N–H and O–H groups in total. The monoisotopic (exact) mass is 453 g/mol. The fourth-order valence-corrected chi connectivity index (χ4v) is 4.09. The van der Waals surface area contributed by atoms with E-state index >= 15 is 0 Å². The highest BCUT2D eigenvalue weighted by Gasteiger charge is 2.26. The van der Waals surface area contributed by atoms with E-state index in [9.17, 15) is 0 Å². The highest BCUT2D eigenvalue weighted by Crippen LogP contribution is 2.36. The Kier molecular flexibility index (Phi) is 11.8. The van der Waals surface area contributed by atoms with Crippen LogP contribution in [0.1, 0.15) is 43.9 Å². The predicted octanol–water partition coefficient (Wildman–Crippen LogP) is 8.24. The molecular weight excluding hydrogens is 414 g/mol. The van der Waals surface area contributed by atoms with Crippen molar-refractivity contribution in [2.45, 2.75) is 33.7 Å². The molecule has 0 fully saturated rings. The lowest BCUT2D eigenvalue weighted by Crippen LogP contribution is -2.35. The molecule has 0 amide bonds. The van der Waals surface area contributed by atoms with E-state index in [0.29, 0.717) is 19.3 Å². The van der Waals surface area contributed by atoms with Crippen molar-refractivity contribution >= 4 is 0 Å². The van der Waals surface area contributed by atoms with Gasteiger partial charge in [0.05, 0.1) is 13.3 Å². The smallest absolute Gasteiger partial charge is 0.0997 e. The third-order valence-corrected chi connectivity index (χ3v) is 5.67. The summed E-state index contributed by atoms with van der Waals surface area (Å²) in [4.78, 5) is 2.38. The molecule has 0 aromatic heterocycles.